The Hall–Kier alpha value is -3.48. The Kier molecular flexibility index (Phi) is 11.9. The number of fused-ring (bicyclic) bond motifs is 1. The molecule has 0 aromatic rings. The van der Waals surface area contributed by atoms with Crippen molar-refractivity contribution >= 4 is 11.9 Å². The van der Waals surface area contributed by atoms with Gasteiger partial charge in [-0.3, -0.25) is 4.79 Å². The van der Waals surface area contributed by atoms with Gasteiger partial charge in [-0.2, -0.15) is 0 Å². The molecule has 0 amide bonds. The molecule has 0 bridgehead atoms. The molecule has 256 valence electrons. The van der Waals surface area contributed by atoms with Gasteiger partial charge in [0.2, 0.25) is 0 Å². The maximum absolute atomic E-state index is 12.5. The van der Waals surface area contributed by atoms with Crippen LogP contribution in [0.15, 0.2) is 101 Å². The second-order valence-electron chi connectivity index (χ2n) is 14.9. The summed E-state index contributed by atoms with van der Waals surface area (Å²) in [6, 6.07) is 0. The highest BCUT2D eigenvalue weighted by Crippen LogP contribution is 2.66. The van der Waals surface area contributed by atoms with Crippen LogP contribution in [0.4, 0.5) is 0 Å². The average Bonchev–Trinajstić information content (AvgIpc) is 3.55. The van der Waals surface area contributed by atoms with E-state index < -0.39 is 28.9 Å². The number of hydrogen-bond acceptors (Lipinski definition) is 7. The fourth-order valence-electron chi connectivity index (χ4n) is 7.41. The van der Waals surface area contributed by atoms with Crippen molar-refractivity contribution in [2.45, 2.75) is 117 Å². The molecule has 1 heterocycles. The highest BCUT2D eigenvalue weighted by Gasteiger charge is 2.74. The van der Waals surface area contributed by atoms with Crippen molar-refractivity contribution in [1.29, 1.82) is 0 Å². The topological polar surface area (TPSA) is 106 Å². The number of esters is 2. The summed E-state index contributed by atoms with van der Waals surface area (Å²) in [5.41, 5.74) is 3.79. The third kappa shape index (κ3) is 9.33. The molecule has 2 N–H and O–H groups in total. The van der Waals surface area contributed by atoms with E-state index in [1.807, 2.05) is 95.4 Å². The number of methoxy groups -OCH3 is 1. The number of aliphatic hydroxyl groups excluding tert-OH is 1. The van der Waals surface area contributed by atoms with E-state index in [-0.39, 0.29) is 22.9 Å². The second-order valence-corrected chi connectivity index (χ2v) is 14.9. The fraction of sp³-hybridized carbons (Fsp3) is 0.525. The molecule has 3 fully saturated rings. The summed E-state index contributed by atoms with van der Waals surface area (Å²) in [4.78, 5) is 23.9. The molecule has 0 radical (unpaired) electrons. The van der Waals surface area contributed by atoms with Gasteiger partial charge in [-0.05, 0) is 75.8 Å². The summed E-state index contributed by atoms with van der Waals surface area (Å²) in [5.74, 6) is -0.763. The lowest BCUT2D eigenvalue weighted by Gasteiger charge is -2.44. The fourth-order valence-corrected chi connectivity index (χ4v) is 7.41. The van der Waals surface area contributed by atoms with E-state index in [4.69, 9.17) is 14.2 Å². The first-order valence-corrected chi connectivity index (χ1v) is 16.4. The maximum atomic E-state index is 12.5. The maximum Gasteiger partial charge on any atom is 0.337 e. The Morgan fingerprint density at radius 3 is 2.06 bits per heavy atom. The molecule has 1 saturated heterocycles. The summed E-state index contributed by atoms with van der Waals surface area (Å²) in [5, 5.41) is 21.4. The zero-order valence-corrected chi connectivity index (χ0v) is 29.8. The third-order valence-electron chi connectivity index (χ3n) is 9.47. The molecule has 5 atom stereocenters. The van der Waals surface area contributed by atoms with Crippen LogP contribution in [0, 0.1) is 10.8 Å². The molecule has 2 saturated carbocycles. The first-order chi connectivity index (χ1) is 21.8. The predicted molar refractivity (Wildman–Crippen MR) is 186 cm³/mol. The quantitative estimate of drug-likeness (QED) is 0.0833. The van der Waals surface area contributed by atoms with Crippen molar-refractivity contribution in [3.8, 4) is 0 Å². The third-order valence-corrected chi connectivity index (χ3v) is 9.47. The number of carbonyl (C=O) groups excluding carboxylic acids is 2. The smallest absolute Gasteiger partial charge is 0.337 e. The van der Waals surface area contributed by atoms with Crippen LogP contribution in [0.3, 0.4) is 0 Å². The van der Waals surface area contributed by atoms with Crippen LogP contribution >= 0.6 is 0 Å². The molecule has 2 aliphatic carbocycles. The van der Waals surface area contributed by atoms with Gasteiger partial charge in [0, 0.05) is 30.8 Å². The standard InChI is InChI=1S/C40H54O7/c1-28(18-15-19-31(35(43)45-10)22-23-40-37(6,7)24-32(42)25-39(40,9)47-40)16-13-11-12-14-17-29(2)20-21-34-36(4,5)26-33(46-30(3)41)27-38(34,8)44/h11-20,22-23,32-33,42,44H,24-27H2,1-10H3/b13-11+,14-12+,18-15+,23-22+,28-16+,29-17+,31-19+/t21?,32-,33-,38+,39+,40-/m0/s1. The van der Waals surface area contributed by atoms with Crippen molar-refractivity contribution in [2.75, 3.05) is 7.11 Å². The number of ether oxygens (including phenoxy) is 3. The van der Waals surface area contributed by atoms with Crippen LogP contribution in [0.1, 0.15) is 88.0 Å². The number of allylic oxidation sites excluding steroid dienone is 11. The van der Waals surface area contributed by atoms with Gasteiger partial charge in [-0.15, -0.1) is 5.73 Å². The van der Waals surface area contributed by atoms with Gasteiger partial charge in [-0.25, -0.2) is 4.79 Å². The molecule has 1 aliphatic heterocycles. The van der Waals surface area contributed by atoms with Crippen LogP contribution in [0.25, 0.3) is 0 Å². The summed E-state index contributed by atoms with van der Waals surface area (Å²) in [6.07, 6.45) is 24.2. The number of hydrogen-bond donors (Lipinski definition) is 2. The molecule has 3 aliphatic rings. The Morgan fingerprint density at radius 1 is 0.851 bits per heavy atom. The zero-order valence-electron chi connectivity index (χ0n) is 29.8. The van der Waals surface area contributed by atoms with E-state index in [0.29, 0.717) is 31.3 Å². The normalized spacial score (nSPS) is 32.5. The number of carbonyl (C=O) groups is 2. The van der Waals surface area contributed by atoms with E-state index in [0.717, 1.165) is 16.7 Å². The summed E-state index contributed by atoms with van der Waals surface area (Å²) < 4.78 is 16.6. The first kappa shape index (κ1) is 38.0. The molecule has 47 heavy (non-hydrogen) atoms. The molecule has 0 aromatic heterocycles. The van der Waals surface area contributed by atoms with E-state index >= 15 is 0 Å². The lowest BCUT2D eigenvalue weighted by atomic mass is 9.63. The SMILES string of the molecule is COC(=O)C(/C=C/[C@@]12O[C@]1(C)C[C@@H](O)CC2(C)C)=C/C=C/C(C)=C/C=C/C=C/C=C(\C)C=C=C1C(C)(C)C[C@H](OC(C)=O)C[C@@]1(C)O. The Balaban J connectivity index is 1.63. The van der Waals surface area contributed by atoms with E-state index in [9.17, 15) is 19.8 Å². The van der Waals surface area contributed by atoms with Crippen LogP contribution in [0.2, 0.25) is 0 Å². The predicted octanol–water partition coefficient (Wildman–Crippen LogP) is 7.50. The highest BCUT2D eigenvalue weighted by atomic mass is 16.6. The molecule has 0 unspecified atom stereocenters. The molecule has 3 rings (SSSR count). The van der Waals surface area contributed by atoms with Gasteiger partial charge in [0.25, 0.3) is 0 Å². The largest absolute Gasteiger partial charge is 0.465 e. The van der Waals surface area contributed by atoms with E-state index in [1.165, 1.54) is 14.0 Å². The minimum absolute atomic E-state index is 0.275. The number of epoxide rings is 1. The van der Waals surface area contributed by atoms with Gasteiger partial charge in [0.15, 0.2) is 0 Å². The van der Waals surface area contributed by atoms with Crippen LogP contribution in [0.5, 0.6) is 0 Å². The molecular weight excluding hydrogens is 592 g/mol. The average molecular weight is 647 g/mol. The minimum atomic E-state index is -1.12. The minimum Gasteiger partial charge on any atom is -0.465 e. The summed E-state index contributed by atoms with van der Waals surface area (Å²) in [7, 11) is 1.36. The van der Waals surface area contributed by atoms with E-state index in [1.54, 1.807) is 19.1 Å². The Labute approximate surface area is 281 Å². The van der Waals surface area contributed by atoms with Gasteiger partial charge < -0.3 is 24.4 Å². The lowest BCUT2D eigenvalue weighted by Crippen LogP contribution is -2.46. The Bertz CT molecular complexity index is 1470. The zero-order chi connectivity index (χ0) is 35.3. The van der Waals surface area contributed by atoms with E-state index in [2.05, 4.69) is 19.6 Å². The van der Waals surface area contributed by atoms with Crippen molar-refractivity contribution in [2.24, 2.45) is 10.8 Å². The molecule has 0 aromatic carbocycles. The highest BCUT2D eigenvalue weighted by molar-refractivity contribution is 5.92. The Morgan fingerprint density at radius 2 is 1.49 bits per heavy atom. The van der Waals surface area contributed by atoms with Gasteiger partial charge in [0.1, 0.15) is 17.3 Å². The van der Waals surface area contributed by atoms with Crippen molar-refractivity contribution in [3.63, 3.8) is 0 Å². The van der Waals surface area contributed by atoms with Gasteiger partial charge >= 0.3 is 11.9 Å². The van der Waals surface area contributed by atoms with Crippen molar-refractivity contribution in [3.05, 3.63) is 101 Å². The number of rotatable bonds is 10. The second kappa shape index (κ2) is 14.7. The monoisotopic (exact) mass is 646 g/mol. The lowest BCUT2D eigenvalue weighted by molar-refractivity contribution is -0.152. The van der Waals surface area contributed by atoms with Crippen LogP contribution in [-0.2, 0) is 23.8 Å². The molecule has 0 spiro atoms. The van der Waals surface area contributed by atoms with Crippen LogP contribution < -0.4 is 0 Å². The summed E-state index contributed by atoms with van der Waals surface area (Å²) >= 11 is 0. The van der Waals surface area contributed by atoms with Crippen LogP contribution in [-0.4, -0.2) is 58.3 Å². The first-order valence-electron chi connectivity index (χ1n) is 16.4. The van der Waals surface area contributed by atoms with Crippen molar-refractivity contribution in [1.82, 2.24) is 0 Å². The molecule has 7 heteroatoms. The molecule has 7 nitrogen and oxygen atoms in total. The van der Waals surface area contributed by atoms with Gasteiger partial charge in [-0.1, -0.05) is 81.9 Å². The van der Waals surface area contributed by atoms with Crippen molar-refractivity contribution < 1.29 is 34.0 Å². The van der Waals surface area contributed by atoms with Gasteiger partial charge in [0.05, 0.1) is 24.4 Å². The molecular formula is C40H54O7. The number of aliphatic hydroxyl groups is 2. The summed E-state index contributed by atoms with van der Waals surface area (Å²) in [6.45, 7) is 17.4.